The third-order valence-electron chi connectivity index (χ3n) is 1.66. The fourth-order valence-electron chi connectivity index (χ4n) is 1.09. The van der Waals surface area contributed by atoms with Gasteiger partial charge in [0, 0.05) is 0 Å². The predicted octanol–water partition coefficient (Wildman–Crippen LogP) is -2.26. The molecule has 11 nitrogen and oxygen atoms in total. The molecular formula is C4H4O11S3. The summed E-state index contributed by atoms with van der Waals surface area (Å²) in [6.45, 7) is 0. The molecule has 1 atom stereocenters. The quantitative estimate of drug-likeness (QED) is 0.375. The number of esters is 1. The molecule has 0 aromatic carbocycles. The SMILES string of the molecule is O=C1OC(S(=O)(=O)O)=C(S(=O)(=O)O)C1S(=O)(=O)O. The van der Waals surface area contributed by atoms with Crippen LogP contribution in [0.2, 0.25) is 0 Å². The third-order valence-corrected chi connectivity index (χ3v) is 4.71. The molecule has 3 N–H and O–H groups in total. The molecule has 18 heavy (non-hydrogen) atoms. The van der Waals surface area contributed by atoms with Crippen LogP contribution >= 0.6 is 0 Å². The monoisotopic (exact) mass is 324 g/mol. The van der Waals surface area contributed by atoms with Crippen LogP contribution in [0.3, 0.4) is 0 Å². The van der Waals surface area contributed by atoms with Gasteiger partial charge in [-0.2, -0.15) is 25.3 Å². The Morgan fingerprint density at radius 3 is 1.61 bits per heavy atom. The van der Waals surface area contributed by atoms with Crippen LogP contribution in [0.1, 0.15) is 0 Å². The zero-order valence-electron chi connectivity index (χ0n) is 7.91. The van der Waals surface area contributed by atoms with Gasteiger partial charge in [-0.1, -0.05) is 0 Å². The van der Waals surface area contributed by atoms with Crippen molar-refractivity contribution in [2.75, 3.05) is 0 Å². The van der Waals surface area contributed by atoms with E-state index in [0.717, 1.165) is 0 Å². The second-order valence-corrected chi connectivity index (χ2v) is 7.13. The molecule has 0 aromatic rings. The summed E-state index contributed by atoms with van der Waals surface area (Å²) in [5.74, 6) is -2.00. The molecule has 1 unspecified atom stereocenters. The minimum atomic E-state index is -5.54. The van der Waals surface area contributed by atoms with Crippen molar-refractivity contribution >= 4 is 36.3 Å². The Balaban J connectivity index is 3.80. The first kappa shape index (κ1) is 15.0. The van der Waals surface area contributed by atoms with Gasteiger partial charge in [-0.25, -0.2) is 4.79 Å². The van der Waals surface area contributed by atoms with Gasteiger partial charge in [0.2, 0.25) is 5.25 Å². The van der Waals surface area contributed by atoms with Crippen LogP contribution in [0, 0.1) is 0 Å². The van der Waals surface area contributed by atoms with Crippen LogP contribution in [-0.2, 0) is 39.9 Å². The Kier molecular flexibility index (Phi) is 3.31. The third kappa shape index (κ3) is 2.68. The van der Waals surface area contributed by atoms with Gasteiger partial charge in [0.1, 0.15) is 0 Å². The van der Waals surface area contributed by atoms with Crippen molar-refractivity contribution in [1.82, 2.24) is 0 Å². The Bertz CT molecular complexity index is 732. The maximum Gasteiger partial charge on any atom is 0.338 e. The van der Waals surface area contributed by atoms with Crippen LogP contribution in [0.5, 0.6) is 0 Å². The Labute approximate surface area is 100 Å². The Morgan fingerprint density at radius 1 is 0.889 bits per heavy atom. The van der Waals surface area contributed by atoms with E-state index in [1.807, 2.05) is 0 Å². The highest BCUT2D eigenvalue weighted by atomic mass is 32.2. The second kappa shape index (κ2) is 3.97. The van der Waals surface area contributed by atoms with Crippen LogP contribution in [0.25, 0.3) is 0 Å². The Hall–Kier alpha value is -1.06. The van der Waals surface area contributed by atoms with Crippen LogP contribution in [0.15, 0.2) is 10.00 Å². The molecule has 0 aliphatic carbocycles. The summed E-state index contributed by atoms with van der Waals surface area (Å²) in [5, 5.41) is -4.96. The van der Waals surface area contributed by atoms with E-state index in [0.29, 0.717) is 0 Å². The van der Waals surface area contributed by atoms with Gasteiger partial charge in [0.05, 0.1) is 0 Å². The van der Waals surface area contributed by atoms with Gasteiger partial charge in [0.15, 0.2) is 4.91 Å². The number of cyclic esters (lactones) is 1. The molecule has 0 saturated carbocycles. The summed E-state index contributed by atoms with van der Waals surface area (Å²) >= 11 is 0. The lowest BCUT2D eigenvalue weighted by Crippen LogP contribution is -2.31. The summed E-state index contributed by atoms with van der Waals surface area (Å²) in [7, 11) is -16.4. The molecule has 0 saturated heterocycles. The summed E-state index contributed by atoms with van der Waals surface area (Å²) in [6, 6.07) is 0. The highest BCUT2D eigenvalue weighted by Gasteiger charge is 2.53. The molecule has 14 heteroatoms. The van der Waals surface area contributed by atoms with Gasteiger partial charge < -0.3 is 4.74 Å². The van der Waals surface area contributed by atoms with Crippen LogP contribution < -0.4 is 0 Å². The number of hydrogen-bond donors (Lipinski definition) is 3. The number of rotatable bonds is 3. The van der Waals surface area contributed by atoms with E-state index in [2.05, 4.69) is 4.74 Å². The zero-order chi connectivity index (χ0) is 14.5. The second-order valence-electron chi connectivity index (χ2n) is 2.92. The molecule has 1 heterocycles. The van der Waals surface area contributed by atoms with E-state index in [1.165, 1.54) is 0 Å². The first-order valence-electron chi connectivity index (χ1n) is 3.63. The van der Waals surface area contributed by atoms with Crippen molar-refractivity contribution in [3.8, 4) is 0 Å². The van der Waals surface area contributed by atoms with Crippen molar-refractivity contribution in [3.63, 3.8) is 0 Å². The largest absolute Gasteiger partial charge is 0.409 e. The minimum absolute atomic E-state index is 1.97. The summed E-state index contributed by atoms with van der Waals surface area (Å²) in [5.41, 5.74) is 0. The zero-order valence-corrected chi connectivity index (χ0v) is 10.4. The molecule has 1 rings (SSSR count). The molecule has 1 aliphatic rings. The van der Waals surface area contributed by atoms with E-state index in [-0.39, 0.29) is 0 Å². The number of carbonyl (C=O) groups excluding carboxylic acids is 1. The summed E-state index contributed by atoms with van der Waals surface area (Å²) in [4.78, 5) is 9.01. The minimum Gasteiger partial charge on any atom is -0.409 e. The van der Waals surface area contributed by atoms with Gasteiger partial charge >= 0.3 is 16.1 Å². The van der Waals surface area contributed by atoms with Gasteiger partial charge in [0.25, 0.3) is 25.3 Å². The van der Waals surface area contributed by atoms with Gasteiger partial charge in [-0.15, -0.1) is 0 Å². The molecule has 0 bridgehead atoms. The molecule has 0 radical (unpaired) electrons. The highest BCUT2D eigenvalue weighted by Crippen LogP contribution is 2.32. The fourth-order valence-corrected chi connectivity index (χ4v) is 4.37. The van der Waals surface area contributed by atoms with E-state index < -0.39 is 51.6 Å². The first-order chi connectivity index (χ1) is 7.76. The van der Waals surface area contributed by atoms with Crippen molar-refractivity contribution in [1.29, 1.82) is 0 Å². The van der Waals surface area contributed by atoms with Crippen molar-refractivity contribution in [2.45, 2.75) is 5.25 Å². The maximum absolute atomic E-state index is 11.0. The van der Waals surface area contributed by atoms with Crippen molar-refractivity contribution in [3.05, 3.63) is 10.00 Å². The van der Waals surface area contributed by atoms with E-state index >= 15 is 0 Å². The van der Waals surface area contributed by atoms with Crippen molar-refractivity contribution in [2.24, 2.45) is 0 Å². The van der Waals surface area contributed by atoms with Crippen molar-refractivity contribution < 1.29 is 48.4 Å². The number of ether oxygens (including phenoxy) is 1. The normalized spacial score (nSPS) is 22.2. The number of carbonyl (C=O) groups is 1. The Morgan fingerprint density at radius 2 is 1.33 bits per heavy atom. The highest BCUT2D eigenvalue weighted by molar-refractivity contribution is 7.96. The molecule has 0 fully saturated rings. The average molecular weight is 324 g/mol. The lowest BCUT2D eigenvalue weighted by atomic mass is 10.4. The first-order valence-corrected chi connectivity index (χ1v) is 8.01. The molecule has 0 aromatic heterocycles. The van der Waals surface area contributed by atoms with E-state index in [4.69, 9.17) is 13.7 Å². The number of hydrogen-bond acceptors (Lipinski definition) is 8. The standard InChI is InChI=1S/C4H4O11S3/c5-3-1(16(6,7)8)2(17(9,10)11)4(15-3)18(12,13)14/h1H,(H,6,7,8)(H,9,10,11)(H,12,13,14). The molecule has 104 valence electrons. The lowest BCUT2D eigenvalue weighted by molar-refractivity contribution is -0.135. The topological polar surface area (TPSA) is 189 Å². The fraction of sp³-hybridized carbons (Fsp3) is 0.250. The smallest absolute Gasteiger partial charge is 0.338 e. The predicted molar refractivity (Wildman–Crippen MR) is 51.6 cm³/mol. The molecule has 0 spiro atoms. The van der Waals surface area contributed by atoms with E-state index in [1.54, 1.807) is 0 Å². The van der Waals surface area contributed by atoms with Crippen LogP contribution in [-0.4, -0.2) is 50.1 Å². The van der Waals surface area contributed by atoms with E-state index in [9.17, 15) is 30.0 Å². The summed E-state index contributed by atoms with van der Waals surface area (Å²) < 4.78 is 93.9. The van der Waals surface area contributed by atoms with Crippen LogP contribution in [0.4, 0.5) is 0 Å². The maximum atomic E-state index is 11.0. The molecular weight excluding hydrogens is 320 g/mol. The average Bonchev–Trinajstić information content (AvgIpc) is 2.39. The lowest BCUT2D eigenvalue weighted by Gasteiger charge is -2.04. The summed E-state index contributed by atoms with van der Waals surface area (Å²) in [6.07, 6.45) is 0. The van der Waals surface area contributed by atoms with Gasteiger partial charge in [-0.3, -0.25) is 13.7 Å². The molecule has 1 aliphatic heterocycles. The molecule has 0 amide bonds. The van der Waals surface area contributed by atoms with Gasteiger partial charge in [-0.05, 0) is 0 Å².